The fourth-order valence-electron chi connectivity index (χ4n) is 2.24. The van der Waals surface area contributed by atoms with Crippen molar-refractivity contribution in [2.75, 3.05) is 5.73 Å². The van der Waals surface area contributed by atoms with E-state index in [1.807, 2.05) is 43.3 Å². The molecule has 1 aromatic heterocycles. The van der Waals surface area contributed by atoms with Gasteiger partial charge in [0.05, 0.1) is 17.6 Å². The van der Waals surface area contributed by atoms with Gasteiger partial charge in [0.2, 0.25) is 0 Å². The molecule has 0 fully saturated rings. The molecule has 3 nitrogen and oxygen atoms in total. The number of benzene rings is 2. The second-order valence-electron chi connectivity index (χ2n) is 4.43. The van der Waals surface area contributed by atoms with Crippen LogP contribution in [0.4, 0.5) is 5.69 Å². The molecule has 0 atom stereocenters. The fraction of sp³-hybridized carbons (Fsp3) is 0.133. The molecule has 2 N–H and O–H groups in total. The maximum absolute atomic E-state index is 6.00. The van der Waals surface area contributed by atoms with Crippen LogP contribution in [0.5, 0.6) is 0 Å². The minimum absolute atomic E-state index is 0.763. The Morgan fingerprint density at radius 3 is 2.61 bits per heavy atom. The zero-order chi connectivity index (χ0) is 12.5. The van der Waals surface area contributed by atoms with E-state index >= 15 is 0 Å². The standard InChI is InChI=1S/C15H15N3/c1-11-17-14-8-4-5-9-15(14)18(11)10-12-6-2-3-7-13(12)16/h2-9H,10,16H2,1H3. The third kappa shape index (κ3) is 1.74. The summed E-state index contributed by atoms with van der Waals surface area (Å²) < 4.78 is 2.20. The number of fused-ring (bicyclic) bond motifs is 1. The molecule has 0 unspecified atom stereocenters. The number of rotatable bonds is 2. The van der Waals surface area contributed by atoms with Gasteiger partial charge in [-0.1, -0.05) is 30.3 Å². The molecule has 3 heteroatoms. The highest BCUT2D eigenvalue weighted by atomic mass is 15.1. The van der Waals surface area contributed by atoms with Crippen LogP contribution >= 0.6 is 0 Å². The van der Waals surface area contributed by atoms with Crippen molar-refractivity contribution >= 4 is 16.7 Å². The number of hydrogen-bond acceptors (Lipinski definition) is 2. The van der Waals surface area contributed by atoms with Crippen molar-refractivity contribution < 1.29 is 0 Å². The van der Waals surface area contributed by atoms with Gasteiger partial charge in [0.1, 0.15) is 5.82 Å². The van der Waals surface area contributed by atoms with E-state index in [2.05, 4.69) is 21.7 Å². The molecule has 0 amide bonds. The first-order valence-corrected chi connectivity index (χ1v) is 6.01. The molecule has 0 spiro atoms. The predicted octanol–water partition coefficient (Wildman–Crippen LogP) is 2.98. The number of hydrogen-bond donors (Lipinski definition) is 1. The third-order valence-corrected chi connectivity index (χ3v) is 3.23. The van der Waals surface area contributed by atoms with Gasteiger partial charge in [0.15, 0.2) is 0 Å². The number of para-hydroxylation sites is 3. The zero-order valence-electron chi connectivity index (χ0n) is 10.3. The molecule has 0 saturated heterocycles. The zero-order valence-corrected chi connectivity index (χ0v) is 10.3. The van der Waals surface area contributed by atoms with Crippen molar-refractivity contribution in [1.29, 1.82) is 0 Å². The van der Waals surface area contributed by atoms with Crippen LogP contribution in [0, 0.1) is 6.92 Å². The number of nitrogens with two attached hydrogens (primary N) is 1. The van der Waals surface area contributed by atoms with E-state index < -0.39 is 0 Å². The Hall–Kier alpha value is -2.29. The van der Waals surface area contributed by atoms with E-state index in [-0.39, 0.29) is 0 Å². The van der Waals surface area contributed by atoms with Crippen LogP contribution in [-0.2, 0) is 6.54 Å². The van der Waals surface area contributed by atoms with Crippen LogP contribution in [0.25, 0.3) is 11.0 Å². The van der Waals surface area contributed by atoms with Gasteiger partial charge >= 0.3 is 0 Å². The van der Waals surface area contributed by atoms with E-state index in [9.17, 15) is 0 Å². The van der Waals surface area contributed by atoms with E-state index in [0.29, 0.717) is 0 Å². The molecule has 0 bridgehead atoms. The molecule has 18 heavy (non-hydrogen) atoms. The number of anilines is 1. The van der Waals surface area contributed by atoms with E-state index in [0.717, 1.165) is 34.7 Å². The first-order valence-electron chi connectivity index (χ1n) is 6.01. The Balaban J connectivity index is 2.10. The highest BCUT2D eigenvalue weighted by Gasteiger charge is 2.08. The summed E-state index contributed by atoms with van der Waals surface area (Å²) in [5.74, 6) is 1.01. The molecule has 0 radical (unpaired) electrons. The summed E-state index contributed by atoms with van der Waals surface area (Å²) in [5.41, 5.74) is 10.1. The molecule has 1 heterocycles. The molecular weight excluding hydrogens is 222 g/mol. The average molecular weight is 237 g/mol. The van der Waals surface area contributed by atoms with Gasteiger partial charge in [-0.2, -0.15) is 0 Å². The Labute approximate surface area is 106 Å². The fourth-order valence-corrected chi connectivity index (χ4v) is 2.24. The van der Waals surface area contributed by atoms with E-state index in [1.54, 1.807) is 0 Å². The molecule has 3 aromatic rings. The Morgan fingerprint density at radius 2 is 1.78 bits per heavy atom. The van der Waals surface area contributed by atoms with E-state index in [1.165, 1.54) is 0 Å². The van der Waals surface area contributed by atoms with Crippen LogP contribution in [0.2, 0.25) is 0 Å². The first kappa shape index (κ1) is 10.8. The molecule has 0 aliphatic rings. The number of nitrogens with zero attached hydrogens (tertiary/aromatic N) is 2. The largest absolute Gasteiger partial charge is 0.398 e. The lowest BCUT2D eigenvalue weighted by Gasteiger charge is -2.09. The molecule has 2 aromatic carbocycles. The predicted molar refractivity (Wildman–Crippen MR) is 74.4 cm³/mol. The molecule has 0 aliphatic heterocycles. The minimum Gasteiger partial charge on any atom is -0.398 e. The molecule has 0 aliphatic carbocycles. The second kappa shape index (κ2) is 4.18. The summed E-state index contributed by atoms with van der Waals surface area (Å²) in [4.78, 5) is 4.56. The van der Waals surface area contributed by atoms with Crippen LogP contribution in [0.3, 0.4) is 0 Å². The minimum atomic E-state index is 0.763. The maximum atomic E-state index is 6.00. The highest BCUT2D eigenvalue weighted by molar-refractivity contribution is 5.76. The van der Waals surface area contributed by atoms with Crippen LogP contribution < -0.4 is 5.73 Å². The smallest absolute Gasteiger partial charge is 0.107 e. The summed E-state index contributed by atoms with van der Waals surface area (Å²) in [6, 6.07) is 16.1. The van der Waals surface area contributed by atoms with Gasteiger partial charge < -0.3 is 10.3 Å². The summed E-state index contributed by atoms with van der Waals surface area (Å²) in [6.07, 6.45) is 0. The Morgan fingerprint density at radius 1 is 1.06 bits per heavy atom. The van der Waals surface area contributed by atoms with Gasteiger partial charge in [-0.05, 0) is 30.7 Å². The van der Waals surface area contributed by atoms with Crippen LogP contribution in [-0.4, -0.2) is 9.55 Å². The van der Waals surface area contributed by atoms with Crippen molar-refractivity contribution in [2.24, 2.45) is 0 Å². The molecular formula is C15H15N3. The topological polar surface area (TPSA) is 43.8 Å². The van der Waals surface area contributed by atoms with Gasteiger partial charge in [0.25, 0.3) is 0 Å². The quantitative estimate of drug-likeness (QED) is 0.696. The Bertz CT molecular complexity index is 698. The van der Waals surface area contributed by atoms with Crippen molar-refractivity contribution in [3.8, 4) is 0 Å². The summed E-state index contributed by atoms with van der Waals surface area (Å²) in [5, 5.41) is 0. The van der Waals surface area contributed by atoms with Crippen molar-refractivity contribution in [1.82, 2.24) is 9.55 Å². The molecule has 3 rings (SSSR count). The van der Waals surface area contributed by atoms with Crippen LogP contribution in [0.1, 0.15) is 11.4 Å². The molecule has 90 valence electrons. The third-order valence-electron chi connectivity index (χ3n) is 3.23. The number of aryl methyl sites for hydroxylation is 1. The number of nitrogen functional groups attached to an aromatic ring is 1. The SMILES string of the molecule is Cc1nc2ccccc2n1Cc1ccccc1N. The highest BCUT2D eigenvalue weighted by Crippen LogP contribution is 2.19. The summed E-state index contributed by atoms with van der Waals surface area (Å²) >= 11 is 0. The van der Waals surface area contributed by atoms with Gasteiger partial charge in [-0.3, -0.25) is 0 Å². The number of aromatic nitrogens is 2. The van der Waals surface area contributed by atoms with Crippen LogP contribution in [0.15, 0.2) is 48.5 Å². The number of imidazole rings is 1. The molecule has 0 saturated carbocycles. The van der Waals surface area contributed by atoms with Gasteiger partial charge in [-0.25, -0.2) is 4.98 Å². The lowest BCUT2D eigenvalue weighted by atomic mass is 10.2. The van der Waals surface area contributed by atoms with Gasteiger partial charge in [-0.15, -0.1) is 0 Å². The lowest BCUT2D eigenvalue weighted by molar-refractivity contribution is 0.788. The average Bonchev–Trinajstić information content (AvgIpc) is 2.69. The van der Waals surface area contributed by atoms with Crippen molar-refractivity contribution in [3.05, 3.63) is 59.9 Å². The first-order chi connectivity index (χ1) is 8.75. The van der Waals surface area contributed by atoms with Crippen molar-refractivity contribution in [2.45, 2.75) is 13.5 Å². The summed E-state index contributed by atoms with van der Waals surface area (Å²) in [7, 11) is 0. The van der Waals surface area contributed by atoms with Gasteiger partial charge in [0, 0.05) is 5.69 Å². The lowest BCUT2D eigenvalue weighted by Crippen LogP contribution is -2.04. The normalized spacial score (nSPS) is 10.9. The summed E-state index contributed by atoms with van der Waals surface area (Å²) in [6.45, 7) is 2.79. The van der Waals surface area contributed by atoms with E-state index in [4.69, 9.17) is 5.73 Å². The second-order valence-corrected chi connectivity index (χ2v) is 4.43. The van der Waals surface area contributed by atoms with Crippen molar-refractivity contribution in [3.63, 3.8) is 0 Å². The monoisotopic (exact) mass is 237 g/mol. The Kier molecular flexibility index (Phi) is 2.52. The maximum Gasteiger partial charge on any atom is 0.107 e.